The summed E-state index contributed by atoms with van der Waals surface area (Å²) in [6.07, 6.45) is 0. The van der Waals surface area contributed by atoms with Gasteiger partial charge in [0.1, 0.15) is 13.5 Å². The van der Waals surface area contributed by atoms with Crippen LogP contribution in [0.5, 0.6) is 0 Å². The fraction of sp³-hybridized carbons (Fsp3) is 1.00. The Morgan fingerprint density at radius 1 is 1.27 bits per heavy atom. The van der Waals surface area contributed by atoms with E-state index in [-0.39, 0.29) is 0 Å². The van der Waals surface area contributed by atoms with Crippen LogP contribution in [0.1, 0.15) is 0 Å². The molecular weight excluding hydrogens is 173 g/mol. The molecule has 0 atom stereocenters. The molecule has 0 aliphatic carbocycles. The minimum absolute atomic E-state index is 0.588. The monoisotopic (exact) mass is 185 g/mol. The molecule has 11 heavy (non-hydrogen) atoms. The van der Waals surface area contributed by atoms with Crippen LogP contribution < -0.4 is 0 Å². The van der Waals surface area contributed by atoms with E-state index in [9.17, 15) is 4.57 Å². The Morgan fingerprint density at radius 3 is 1.73 bits per heavy atom. The summed E-state index contributed by atoms with van der Waals surface area (Å²) < 4.78 is 21.0. The normalized spacial score (nSPS) is 12.5. The number of hydrogen-bond acceptors (Lipinski definition) is 5. The van der Waals surface area contributed by atoms with E-state index in [1.807, 2.05) is 0 Å². The first-order chi connectivity index (χ1) is 5.14. The van der Waals surface area contributed by atoms with Crippen LogP contribution in [0.15, 0.2) is 0 Å². The number of hydrogen-bond donors (Lipinski definition) is 2. The first-order valence-corrected chi connectivity index (χ1v) is 4.32. The van der Waals surface area contributed by atoms with Crippen molar-refractivity contribution in [2.45, 2.75) is 0 Å². The van der Waals surface area contributed by atoms with Crippen molar-refractivity contribution in [2.75, 3.05) is 27.7 Å². The highest BCUT2D eigenvalue weighted by atomic mass is 31.2. The molecule has 6 nitrogen and oxygen atoms in total. The summed E-state index contributed by atoms with van der Waals surface area (Å²) in [5.74, 6) is 0. The molecule has 0 saturated heterocycles. The fourth-order valence-electron chi connectivity index (χ4n) is 0.505. The third-order valence-corrected chi connectivity index (χ3v) is 3.00. The van der Waals surface area contributed by atoms with Gasteiger partial charge in [-0.3, -0.25) is 9.05 Å². The van der Waals surface area contributed by atoms with Crippen molar-refractivity contribution in [3.63, 3.8) is 0 Å². The van der Waals surface area contributed by atoms with Crippen molar-refractivity contribution in [3.8, 4) is 0 Å². The van der Waals surface area contributed by atoms with E-state index in [1.54, 1.807) is 0 Å². The number of aliphatic hydroxyl groups is 2. The summed E-state index contributed by atoms with van der Waals surface area (Å²) in [5, 5.41) is 17.1. The van der Waals surface area contributed by atoms with Crippen LogP contribution in [-0.2, 0) is 13.6 Å². The zero-order valence-electron chi connectivity index (χ0n) is 6.43. The standard InChI is InChI=1S/C4H12NO5P/c1-9-11(8,10-2)5(3-6)4-7/h6-7H,3-4H2,1-2H3. The SMILES string of the molecule is COP(=O)(OC)N(CO)CO. The van der Waals surface area contributed by atoms with Gasteiger partial charge in [0, 0.05) is 14.2 Å². The lowest BCUT2D eigenvalue weighted by Gasteiger charge is -2.23. The molecule has 0 saturated carbocycles. The summed E-state index contributed by atoms with van der Waals surface area (Å²) in [6, 6.07) is 0. The van der Waals surface area contributed by atoms with Crippen LogP contribution in [0.2, 0.25) is 0 Å². The number of rotatable bonds is 5. The quantitative estimate of drug-likeness (QED) is 0.447. The van der Waals surface area contributed by atoms with Gasteiger partial charge in [-0.1, -0.05) is 0 Å². The molecule has 7 heteroatoms. The highest BCUT2D eigenvalue weighted by Crippen LogP contribution is 2.49. The molecule has 0 rings (SSSR count). The van der Waals surface area contributed by atoms with Crippen molar-refractivity contribution in [1.82, 2.24) is 4.67 Å². The van der Waals surface area contributed by atoms with Crippen molar-refractivity contribution in [3.05, 3.63) is 0 Å². The van der Waals surface area contributed by atoms with Crippen LogP contribution in [0, 0.1) is 0 Å². The van der Waals surface area contributed by atoms with E-state index < -0.39 is 21.2 Å². The second-order valence-electron chi connectivity index (χ2n) is 1.62. The predicted molar refractivity (Wildman–Crippen MR) is 37.6 cm³/mol. The summed E-state index contributed by atoms with van der Waals surface area (Å²) in [7, 11) is -1.12. The van der Waals surface area contributed by atoms with Crippen molar-refractivity contribution in [1.29, 1.82) is 0 Å². The second kappa shape index (κ2) is 4.82. The third-order valence-electron chi connectivity index (χ3n) is 1.13. The van der Waals surface area contributed by atoms with Gasteiger partial charge in [0.25, 0.3) is 0 Å². The first-order valence-electron chi connectivity index (χ1n) is 2.83. The van der Waals surface area contributed by atoms with Gasteiger partial charge in [-0.05, 0) is 0 Å². The maximum absolute atomic E-state index is 11.3. The van der Waals surface area contributed by atoms with Gasteiger partial charge in [0.05, 0.1) is 0 Å². The molecule has 0 bridgehead atoms. The Labute approximate surface area is 64.9 Å². The average molecular weight is 185 g/mol. The van der Waals surface area contributed by atoms with Crippen LogP contribution in [0.3, 0.4) is 0 Å². The van der Waals surface area contributed by atoms with Crippen LogP contribution in [0.25, 0.3) is 0 Å². The lowest BCUT2D eigenvalue weighted by atomic mass is 11.1. The van der Waals surface area contributed by atoms with Gasteiger partial charge < -0.3 is 10.2 Å². The summed E-state index contributed by atoms with van der Waals surface area (Å²) >= 11 is 0. The zero-order valence-corrected chi connectivity index (χ0v) is 7.32. The Hall–Kier alpha value is 0.0300. The third kappa shape index (κ3) is 2.52. The molecule has 0 amide bonds. The smallest absolute Gasteiger partial charge is 0.380 e. The van der Waals surface area contributed by atoms with Crippen molar-refractivity contribution in [2.24, 2.45) is 0 Å². The van der Waals surface area contributed by atoms with Gasteiger partial charge >= 0.3 is 7.75 Å². The largest absolute Gasteiger partial charge is 0.411 e. The summed E-state index contributed by atoms with van der Waals surface area (Å²) in [4.78, 5) is 0. The van der Waals surface area contributed by atoms with E-state index >= 15 is 0 Å². The molecule has 2 N–H and O–H groups in total. The number of nitrogens with zero attached hydrogens (tertiary/aromatic N) is 1. The number of aliphatic hydroxyl groups excluding tert-OH is 2. The van der Waals surface area contributed by atoms with Gasteiger partial charge in [-0.2, -0.15) is 4.67 Å². The molecule has 0 aliphatic rings. The molecular formula is C4H12NO5P. The highest BCUT2D eigenvalue weighted by molar-refractivity contribution is 7.51. The molecule has 0 aliphatic heterocycles. The Kier molecular flexibility index (Phi) is 4.83. The van der Waals surface area contributed by atoms with Gasteiger partial charge in [0.2, 0.25) is 0 Å². The van der Waals surface area contributed by atoms with Gasteiger partial charge in [-0.15, -0.1) is 0 Å². The average Bonchev–Trinajstić information content (AvgIpc) is 2.06. The molecule has 0 aromatic heterocycles. The first kappa shape index (κ1) is 11.0. The predicted octanol–water partition coefficient (Wildman–Crippen LogP) is -0.411. The summed E-state index contributed by atoms with van der Waals surface area (Å²) in [6.45, 7) is -1.18. The molecule has 0 radical (unpaired) electrons. The minimum Gasteiger partial charge on any atom is -0.380 e. The van der Waals surface area contributed by atoms with Gasteiger partial charge in [-0.25, -0.2) is 4.57 Å². The van der Waals surface area contributed by atoms with E-state index in [0.29, 0.717) is 0 Å². The highest BCUT2D eigenvalue weighted by Gasteiger charge is 2.29. The molecule has 0 unspecified atom stereocenters. The van der Waals surface area contributed by atoms with E-state index in [0.717, 1.165) is 4.67 Å². The van der Waals surface area contributed by atoms with Crippen LogP contribution in [-0.4, -0.2) is 42.6 Å². The van der Waals surface area contributed by atoms with Crippen molar-refractivity contribution < 1.29 is 23.8 Å². The Morgan fingerprint density at radius 2 is 1.64 bits per heavy atom. The summed E-state index contributed by atoms with van der Waals surface area (Å²) in [5.41, 5.74) is 0. The van der Waals surface area contributed by atoms with E-state index in [4.69, 9.17) is 10.2 Å². The van der Waals surface area contributed by atoms with Crippen LogP contribution in [0.4, 0.5) is 0 Å². The second-order valence-corrected chi connectivity index (χ2v) is 3.86. The Balaban J connectivity index is 4.32. The lowest BCUT2D eigenvalue weighted by Crippen LogP contribution is -2.23. The molecule has 68 valence electrons. The lowest BCUT2D eigenvalue weighted by molar-refractivity contribution is 0.0617. The topological polar surface area (TPSA) is 79.2 Å². The Bertz CT molecular complexity index is 139. The van der Waals surface area contributed by atoms with E-state index in [1.165, 1.54) is 14.2 Å². The van der Waals surface area contributed by atoms with Crippen LogP contribution >= 0.6 is 7.75 Å². The molecule has 0 aromatic rings. The fourth-order valence-corrected chi connectivity index (χ4v) is 1.43. The maximum atomic E-state index is 11.3. The molecule has 0 spiro atoms. The maximum Gasteiger partial charge on any atom is 0.411 e. The zero-order chi connectivity index (χ0) is 8.91. The van der Waals surface area contributed by atoms with Crippen molar-refractivity contribution >= 4 is 7.75 Å². The molecule has 0 fully saturated rings. The molecule has 0 aromatic carbocycles. The van der Waals surface area contributed by atoms with Gasteiger partial charge in [0.15, 0.2) is 0 Å². The molecule has 0 heterocycles. The minimum atomic E-state index is -3.46. The van der Waals surface area contributed by atoms with E-state index in [2.05, 4.69) is 9.05 Å².